The molecule has 3 rings (SSSR count). The maximum atomic E-state index is 12.1. The fourth-order valence-electron chi connectivity index (χ4n) is 3.29. The van der Waals surface area contributed by atoms with E-state index in [2.05, 4.69) is 24.8 Å². The van der Waals surface area contributed by atoms with Crippen LogP contribution in [0, 0.1) is 12.3 Å². The molecule has 1 fully saturated rings. The maximum absolute atomic E-state index is 12.1. The summed E-state index contributed by atoms with van der Waals surface area (Å²) in [6.45, 7) is 5.37. The van der Waals surface area contributed by atoms with Crippen LogP contribution in [0.5, 0.6) is 0 Å². The molecule has 2 N–H and O–H groups in total. The number of nitrogens with zero attached hydrogens (tertiary/aromatic N) is 2. The van der Waals surface area contributed by atoms with Crippen LogP contribution in [0.3, 0.4) is 0 Å². The van der Waals surface area contributed by atoms with Gasteiger partial charge in [-0.15, -0.1) is 0 Å². The first-order valence-corrected chi connectivity index (χ1v) is 8.57. The number of anilines is 1. The second-order valence-electron chi connectivity index (χ2n) is 6.59. The third kappa shape index (κ3) is 3.11. The molecule has 5 heteroatoms. The predicted molar refractivity (Wildman–Crippen MR) is 97.3 cm³/mol. The Bertz CT molecular complexity index is 752. The molecule has 0 saturated carbocycles. The smallest absolute Gasteiger partial charge is 0.227 e. The van der Waals surface area contributed by atoms with Crippen molar-refractivity contribution in [3.63, 3.8) is 0 Å². The second kappa shape index (κ2) is 6.44. The number of carbonyl (C=O) groups excluding carboxylic acids is 1. The highest BCUT2D eigenvalue weighted by Gasteiger charge is 2.48. The molecule has 1 aliphatic rings. The van der Waals surface area contributed by atoms with Crippen LogP contribution in [0.2, 0.25) is 5.02 Å². The first-order chi connectivity index (χ1) is 11.4. The number of carbonyl (C=O) groups is 1. The van der Waals surface area contributed by atoms with Gasteiger partial charge < -0.3 is 10.6 Å². The van der Waals surface area contributed by atoms with Gasteiger partial charge in [-0.3, -0.25) is 4.79 Å². The van der Waals surface area contributed by atoms with Gasteiger partial charge in [-0.05, 0) is 49.1 Å². The van der Waals surface area contributed by atoms with E-state index in [-0.39, 0.29) is 5.91 Å². The van der Waals surface area contributed by atoms with Crippen molar-refractivity contribution in [3.8, 4) is 0 Å². The molecule has 24 heavy (non-hydrogen) atoms. The topological polar surface area (TPSA) is 59.2 Å². The maximum Gasteiger partial charge on any atom is 0.227 e. The van der Waals surface area contributed by atoms with Gasteiger partial charge in [0.05, 0.1) is 5.41 Å². The van der Waals surface area contributed by atoms with Gasteiger partial charge in [0, 0.05) is 23.8 Å². The highest BCUT2D eigenvalue weighted by molar-refractivity contribution is 6.30. The average molecular weight is 344 g/mol. The molecule has 0 bridgehead atoms. The fourth-order valence-corrected chi connectivity index (χ4v) is 3.41. The zero-order valence-electron chi connectivity index (χ0n) is 14.1. The summed E-state index contributed by atoms with van der Waals surface area (Å²) in [7, 11) is 0. The molecule has 1 aromatic heterocycles. The molecule has 0 atom stereocenters. The Morgan fingerprint density at radius 1 is 1.25 bits per heavy atom. The summed E-state index contributed by atoms with van der Waals surface area (Å²) >= 11 is 5.93. The summed E-state index contributed by atoms with van der Waals surface area (Å²) < 4.78 is 0. The number of hydrogen-bond donors (Lipinski definition) is 1. The van der Waals surface area contributed by atoms with Crippen molar-refractivity contribution >= 4 is 23.3 Å². The first kappa shape index (κ1) is 16.8. The Hall–Kier alpha value is -2.07. The Morgan fingerprint density at radius 3 is 2.50 bits per heavy atom. The number of aromatic nitrogens is 1. The molecule has 2 aromatic rings. The van der Waals surface area contributed by atoms with Gasteiger partial charge in [-0.2, -0.15) is 0 Å². The lowest BCUT2D eigenvalue weighted by Crippen LogP contribution is -2.64. The van der Waals surface area contributed by atoms with Gasteiger partial charge >= 0.3 is 0 Å². The molecule has 1 aliphatic heterocycles. The van der Waals surface area contributed by atoms with E-state index < -0.39 is 5.41 Å². The van der Waals surface area contributed by atoms with E-state index in [1.165, 1.54) is 5.56 Å². The highest BCUT2D eigenvalue weighted by Crippen LogP contribution is 2.37. The molecule has 0 spiro atoms. The monoisotopic (exact) mass is 343 g/mol. The van der Waals surface area contributed by atoms with Gasteiger partial charge in [0.1, 0.15) is 5.82 Å². The molecular weight excluding hydrogens is 322 g/mol. The number of rotatable bonds is 5. The van der Waals surface area contributed by atoms with Gasteiger partial charge in [-0.25, -0.2) is 4.98 Å². The lowest BCUT2D eigenvalue weighted by Gasteiger charge is -2.49. The van der Waals surface area contributed by atoms with Crippen LogP contribution in [0.15, 0.2) is 36.4 Å². The fraction of sp³-hybridized carbons (Fsp3) is 0.368. The number of nitrogens with two attached hydrogens (primary N) is 1. The van der Waals surface area contributed by atoms with Gasteiger partial charge in [0.25, 0.3) is 0 Å². The predicted octanol–water partition coefficient (Wildman–Crippen LogP) is 3.14. The molecule has 1 aromatic carbocycles. The van der Waals surface area contributed by atoms with Crippen molar-refractivity contribution in [1.29, 1.82) is 0 Å². The van der Waals surface area contributed by atoms with E-state index in [4.69, 9.17) is 22.3 Å². The van der Waals surface area contributed by atoms with Crippen LogP contribution in [0.1, 0.15) is 23.7 Å². The van der Waals surface area contributed by atoms with Gasteiger partial charge in [0.2, 0.25) is 5.91 Å². The van der Waals surface area contributed by atoms with Crippen molar-refractivity contribution in [3.05, 3.63) is 58.2 Å². The summed E-state index contributed by atoms with van der Waals surface area (Å²) in [5.41, 5.74) is 8.55. The Balaban J connectivity index is 1.76. The van der Waals surface area contributed by atoms with E-state index in [1.807, 2.05) is 30.3 Å². The van der Waals surface area contributed by atoms with Crippen molar-refractivity contribution in [1.82, 2.24) is 4.98 Å². The number of halogens is 1. The largest absolute Gasteiger partial charge is 0.369 e. The average Bonchev–Trinajstić information content (AvgIpc) is 2.53. The first-order valence-electron chi connectivity index (χ1n) is 8.19. The lowest BCUT2D eigenvalue weighted by atomic mass is 9.74. The zero-order valence-corrected chi connectivity index (χ0v) is 14.8. The standard InChI is InChI=1S/C19H22ClN3O/c1-3-16-13(2)4-9-17(22-16)23-11-19(12-23,18(21)24)10-14-5-7-15(20)8-6-14/h4-9H,3,10-12H2,1-2H3,(H2,21,24). The number of aryl methyl sites for hydroxylation is 2. The molecule has 4 nitrogen and oxygen atoms in total. The van der Waals surface area contributed by atoms with Crippen LogP contribution < -0.4 is 10.6 Å². The van der Waals surface area contributed by atoms with Crippen LogP contribution >= 0.6 is 11.6 Å². The number of pyridine rings is 1. The van der Waals surface area contributed by atoms with Crippen LogP contribution in [-0.4, -0.2) is 24.0 Å². The Morgan fingerprint density at radius 2 is 1.92 bits per heavy atom. The van der Waals surface area contributed by atoms with Gasteiger partial charge in [-0.1, -0.05) is 36.7 Å². The molecule has 1 saturated heterocycles. The quantitative estimate of drug-likeness (QED) is 0.907. The normalized spacial score (nSPS) is 15.9. The molecular formula is C19H22ClN3O. The van der Waals surface area contributed by atoms with Gasteiger partial charge in [0.15, 0.2) is 0 Å². The summed E-state index contributed by atoms with van der Waals surface area (Å²) in [6, 6.07) is 11.7. The van der Waals surface area contributed by atoms with Crippen LogP contribution in [0.25, 0.3) is 0 Å². The number of hydrogen-bond acceptors (Lipinski definition) is 3. The van der Waals surface area contributed by atoms with Crippen molar-refractivity contribution < 1.29 is 4.79 Å². The molecule has 1 amide bonds. The Kier molecular flexibility index (Phi) is 4.50. The highest BCUT2D eigenvalue weighted by atomic mass is 35.5. The van der Waals surface area contributed by atoms with Crippen LogP contribution in [-0.2, 0) is 17.6 Å². The van der Waals surface area contributed by atoms with E-state index >= 15 is 0 Å². The number of amides is 1. The van der Waals surface area contributed by atoms with Crippen molar-refractivity contribution in [2.45, 2.75) is 26.7 Å². The van der Waals surface area contributed by atoms with E-state index in [0.717, 1.165) is 23.5 Å². The Labute approximate surface area is 147 Å². The lowest BCUT2D eigenvalue weighted by molar-refractivity contribution is -0.129. The minimum atomic E-state index is -0.535. The molecule has 2 heterocycles. The van der Waals surface area contributed by atoms with Crippen LogP contribution in [0.4, 0.5) is 5.82 Å². The SMILES string of the molecule is CCc1nc(N2CC(Cc3ccc(Cl)cc3)(C(N)=O)C2)ccc1C. The summed E-state index contributed by atoms with van der Waals surface area (Å²) in [6.07, 6.45) is 1.53. The molecule has 126 valence electrons. The second-order valence-corrected chi connectivity index (χ2v) is 7.03. The third-order valence-electron chi connectivity index (χ3n) is 4.81. The van der Waals surface area contributed by atoms with E-state index in [9.17, 15) is 4.79 Å². The zero-order chi connectivity index (χ0) is 17.3. The third-order valence-corrected chi connectivity index (χ3v) is 5.06. The molecule has 0 unspecified atom stereocenters. The molecule has 0 radical (unpaired) electrons. The van der Waals surface area contributed by atoms with Crippen molar-refractivity contribution in [2.75, 3.05) is 18.0 Å². The minimum Gasteiger partial charge on any atom is -0.369 e. The molecule has 0 aliphatic carbocycles. The minimum absolute atomic E-state index is 0.253. The van der Waals surface area contributed by atoms with Crippen molar-refractivity contribution in [2.24, 2.45) is 11.1 Å². The summed E-state index contributed by atoms with van der Waals surface area (Å²) in [5.74, 6) is 0.668. The summed E-state index contributed by atoms with van der Waals surface area (Å²) in [4.78, 5) is 18.9. The number of benzene rings is 1. The van der Waals surface area contributed by atoms with E-state index in [0.29, 0.717) is 24.5 Å². The summed E-state index contributed by atoms with van der Waals surface area (Å²) in [5, 5.41) is 0.693. The van der Waals surface area contributed by atoms with E-state index in [1.54, 1.807) is 0 Å². The number of primary amides is 1.